The van der Waals surface area contributed by atoms with Crippen molar-refractivity contribution in [3.05, 3.63) is 143 Å². The normalized spacial score (nSPS) is 11.6. The van der Waals surface area contributed by atoms with E-state index in [2.05, 4.69) is 30.6 Å². The Morgan fingerprint density at radius 3 is 2.41 bits per heavy atom. The van der Waals surface area contributed by atoms with Crippen molar-refractivity contribution in [3.8, 4) is 16.9 Å². The van der Waals surface area contributed by atoms with Crippen LogP contribution in [0.25, 0.3) is 16.9 Å². The number of benzene rings is 3. The molecule has 11 nitrogen and oxygen atoms in total. The maximum absolute atomic E-state index is 13.6. The van der Waals surface area contributed by atoms with Crippen molar-refractivity contribution in [2.45, 2.75) is 26.1 Å². The first kappa shape index (κ1) is 36.2. The molecule has 3 N–H and O–H groups in total. The number of carboxylic acid groups (broad SMARTS) is 1. The van der Waals surface area contributed by atoms with E-state index in [1.54, 1.807) is 74.2 Å². The van der Waals surface area contributed by atoms with Gasteiger partial charge in [-0.25, -0.2) is 15.0 Å². The molecule has 0 fully saturated rings. The number of nitrogens with one attached hydrogen (secondary N) is 2. The van der Waals surface area contributed by atoms with Crippen molar-refractivity contribution in [1.29, 1.82) is 0 Å². The zero-order chi connectivity index (χ0) is 36.7. The number of amides is 1. The van der Waals surface area contributed by atoms with E-state index < -0.39 is 29.7 Å². The first-order chi connectivity index (χ1) is 24.3. The molecule has 51 heavy (non-hydrogen) atoms. The molecule has 6 aromatic rings. The van der Waals surface area contributed by atoms with Gasteiger partial charge in [0.1, 0.15) is 6.10 Å². The number of aryl methyl sites for hydroxylation is 2. The highest BCUT2D eigenvalue weighted by atomic mass is 35.5. The second-order valence-corrected chi connectivity index (χ2v) is 11.5. The average Bonchev–Trinajstić information content (AvgIpc) is 3.55. The van der Waals surface area contributed by atoms with E-state index in [4.69, 9.17) is 16.7 Å². The van der Waals surface area contributed by atoms with E-state index in [9.17, 15) is 27.9 Å². The lowest BCUT2D eigenvalue weighted by Crippen LogP contribution is -2.29. The van der Waals surface area contributed by atoms with E-state index >= 15 is 0 Å². The van der Waals surface area contributed by atoms with Gasteiger partial charge in [0, 0.05) is 63.6 Å². The largest absolute Gasteiger partial charge is 0.547 e. The van der Waals surface area contributed by atoms with E-state index in [1.165, 1.54) is 29.1 Å². The summed E-state index contributed by atoms with van der Waals surface area (Å²) in [6.07, 6.45) is 1.73. The molecule has 15 heteroatoms. The van der Waals surface area contributed by atoms with Crippen LogP contribution < -0.4 is 15.7 Å². The minimum atomic E-state index is -4.60. The highest BCUT2D eigenvalue weighted by Crippen LogP contribution is 2.33. The average molecular weight is 715 g/mol. The summed E-state index contributed by atoms with van der Waals surface area (Å²) in [5, 5.41) is 25.2. The monoisotopic (exact) mass is 714 g/mol. The molecule has 3 aromatic carbocycles. The molecule has 1 atom stereocenters. The Morgan fingerprint density at radius 2 is 1.75 bits per heavy atom. The number of aliphatic hydroxyl groups excluding tert-OH is 1. The van der Waals surface area contributed by atoms with Gasteiger partial charge in [-0.1, -0.05) is 35.9 Å². The smallest absolute Gasteiger partial charge is 0.416 e. The number of hydrogen-bond acceptors (Lipinski definition) is 9. The zero-order valence-corrected chi connectivity index (χ0v) is 27.6. The van der Waals surface area contributed by atoms with Crippen LogP contribution in [-0.4, -0.2) is 41.5 Å². The van der Waals surface area contributed by atoms with Crippen molar-refractivity contribution >= 4 is 40.8 Å². The number of anilines is 3. The van der Waals surface area contributed by atoms with Gasteiger partial charge in [0.25, 0.3) is 5.91 Å². The minimum absolute atomic E-state index is 0.00114. The molecule has 0 aliphatic rings. The third-order valence-corrected chi connectivity index (χ3v) is 7.64. The van der Waals surface area contributed by atoms with Crippen LogP contribution in [0.15, 0.2) is 110 Å². The number of pyridine rings is 1. The SMILES string of the molecule is Cc1cn(-c2cc(NC(=O)c3ccc(C)c(Nc4nccc(-c5cccnc5)n4)c3)cc(C(F)(F)F)c2)cn1.O=C([O-])C(O)c1ccccc1Cl. The Bertz CT molecular complexity index is 2180. The van der Waals surface area contributed by atoms with Gasteiger partial charge < -0.3 is 30.2 Å². The van der Waals surface area contributed by atoms with Crippen LogP contribution in [0, 0.1) is 13.8 Å². The molecule has 0 aliphatic heterocycles. The predicted octanol–water partition coefficient (Wildman–Crippen LogP) is 6.48. The van der Waals surface area contributed by atoms with E-state index in [1.807, 2.05) is 13.0 Å². The van der Waals surface area contributed by atoms with Crippen LogP contribution in [0.4, 0.5) is 30.5 Å². The number of carbonyl (C=O) groups is 2. The molecule has 6 rings (SSSR count). The van der Waals surface area contributed by atoms with Crippen molar-refractivity contribution in [3.63, 3.8) is 0 Å². The number of carbonyl (C=O) groups excluding carboxylic acids is 2. The molecule has 0 bridgehead atoms. The number of nitrogens with zero attached hydrogens (tertiary/aromatic N) is 5. The number of alkyl halides is 3. The van der Waals surface area contributed by atoms with Crippen LogP contribution in [0.3, 0.4) is 0 Å². The Hall–Kier alpha value is -6.12. The van der Waals surface area contributed by atoms with Gasteiger partial charge in [0.2, 0.25) is 5.95 Å². The van der Waals surface area contributed by atoms with Crippen molar-refractivity contribution < 1.29 is 33.0 Å². The van der Waals surface area contributed by atoms with Crippen molar-refractivity contribution in [2.75, 3.05) is 10.6 Å². The lowest BCUT2D eigenvalue weighted by atomic mass is 10.1. The topological polar surface area (TPSA) is 158 Å². The number of halogens is 4. The summed E-state index contributed by atoms with van der Waals surface area (Å²) in [6.45, 7) is 3.58. The van der Waals surface area contributed by atoms with Crippen LogP contribution >= 0.6 is 11.6 Å². The number of aliphatic hydroxyl groups is 1. The molecule has 1 amide bonds. The second kappa shape index (κ2) is 15.6. The number of hydrogen-bond donors (Lipinski definition) is 3. The lowest BCUT2D eigenvalue weighted by molar-refractivity contribution is -0.315. The van der Waals surface area contributed by atoms with Gasteiger partial charge in [0.15, 0.2) is 0 Å². The van der Waals surface area contributed by atoms with Crippen molar-refractivity contribution in [1.82, 2.24) is 24.5 Å². The summed E-state index contributed by atoms with van der Waals surface area (Å²) >= 11 is 5.61. The number of aromatic nitrogens is 5. The second-order valence-electron chi connectivity index (χ2n) is 11.0. The Kier molecular flexibility index (Phi) is 11.1. The summed E-state index contributed by atoms with van der Waals surface area (Å²) < 4.78 is 42.3. The number of aliphatic carboxylic acids is 1. The molecule has 0 saturated heterocycles. The van der Waals surface area contributed by atoms with Crippen LogP contribution in [0.1, 0.15) is 38.8 Å². The van der Waals surface area contributed by atoms with Gasteiger partial charge in [0.05, 0.1) is 29.2 Å². The molecule has 0 saturated carbocycles. The number of rotatable bonds is 8. The molecule has 0 radical (unpaired) electrons. The summed E-state index contributed by atoms with van der Waals surface area (Å²) in [4.78, 5) is 40.3. The van der Waals surface area contributed by atoms with E-state index in [0.717, 1.165) is 23.3 Å². The van der Waals surface area contributed by atoms with Gasteiger partial charge in [-0.2, -0.15) is 13.2 Å². The van der Waals surface area contributed by atoms with Gasteiger partial charge in [-0.3, -0.25) is 9.78 Å². The first-order valence-electron chi connectivity index (χ1n) is 15.1. The fourth-order valence-corrected chi connectivity index (χ4v) is 4.94. The number of carboxylic acids is 1. The summed E-state index contributed by atoms with van der Waals surface area (Å²) in [6, 6.07) is 19.9. The lowest BCUT2D eigenvalue weighted by Gasteiger charge is -2.14. The molecular formula is C36H28ClF3N7O4-. The Labute approximate surface area is 294 Å². The number of imidazole rings is 1. The Balaban J connectivity index is 0.000000357. The predicted molar refractivity (Wildman–Crippen MR) is 182 cm³/mol. The molecular weight excluding hydrogens is 687 g/mol. The highest BCUT2D eigenvalue weighted by molar-refractivity contribution is 6.31. The van der Waals surface area contributed by atoms with Gasteiger partial charge in [-0.15, -0.1) is 0 Å². The maximum Gasteiger partial charge on any atom is 0.416 e. The van der Waals surface area contributed by atoms with Crippen LogP contribution in [-0.2, 0) is 11.0 Å². The third kappa shape index (κ3) is 9.32. The highest BCUT2D eigenvalue weighted by Gasteiger charge is 2.31. The molecule has 0 aliphatic carbocycles. The molecule has 3 aromatic heterocycles. The Morgan fingerprint density at radius 1 is 0.961 bits per heavy atom. The van der Waals surface area contributed by atoms with Crippen molar-refractivity contribution in [2.24, 2.45) is 0 Å². The van der Waals surface area contributed by atoms with E-state index in [-0.39, 0.29) is 27.5 Å². The molecule has 3 heterocycles. The molecule has 260 valence electrons. The van der Waals surface area contributed by atoms with Gasteiger partial charge in [-0.05, 0) is 74.0 Å². The summed E-state index contributed by atoms with van der Waals surface area (Å²) in [5.74, 6) is -1.81. The summed E-state index contributed by atoms with van der Waals surface area (Å²) in [5.41, 5.74) is 3.24. The van der Waals surface area contributed by atoms with Crippen LogP contribution in [0.2, 0.25) is 5.02 Å². The summed E-state index contributed by atoms with van der Waals surface area (Å²) in [7, 11) is 0. The van der Waals surface area contributed by atoms with E-state index in [0.29, 0.717) is 23.0 Å². The fourth-order valence-electron chi connectivity index (χ4n) is 4.70. The molecule has 0 spiro atoms. The molecule has 1 unspecified atom stereocenters. The maximum atomic E-state index is 13.6. The van der Waals surface area contributed by atoms with Gasteiger partial charge >= 0.3 is 6.18 Å². The first-order valence-corrected chi connectivity index (χ1v) is 15.5. The standard InChI is InChI=1S/C28H22F3N7O.C8H7ClO3/c1-17-5-6-19(10-25(17)37-27-33-9-7-24(36-27)20-4-3-8-32-14-20)26(39)35-22-11-21(28(29,30)31)12-23(13-22)38-15-18(2)34-16-38;9-6-4-2-1-3-5(6)7(10)8(11)12/h3-16H,1-2H3,(H,35,39)(H,33,36,37);1-4,7,10H,(H,11,12)/p-1. The third-order valence-electron chi connectivity index (χ3n) is 7.29. The van der Waals surface area contributed by atoms with Crippen LogP contribution in [0.5, 0.6) is 0 Å². The quantitative estimate of drug-likeness (QED) is 0.161. The zero-order valence-electron chi connectivity index (χ0n) is 26.9. The fraction of sp³-hybridized carbons (Fsp3) is 0.111. The minimum Gasteiger partial charge on any atom is -0.547 e.